The van der Waals surface area contributed by atoms with Crippen molar-refractivity contribution in [2.45, 2.75) is 18.6 Å². The van der Waals surface area contributed by atoms with E-state index in [2.05, 4.69) is 4.98 Å². The van der Waals surface area contributed by atoms with Crippen LogP contribution in [0.3, 0.4) is 0 Å². The van der Waals surface area contributed by atoms with E-state index in [0.717, 1.165) is 29.4 Å². The molecule has 2 unspecified atom stereocenters. The van der Waals surface area contributed by atoms with Gasteiger partial charge in [-0.1, -0.05) is 6.07 Å². The number of benzene rings is 1. The van der Waals surface area contributed by atoms with Crippen LogP contribution in [-0.4, -0.2) is 41.1 Å². The summed E-state index contributed by atoms with van der Waals surface area (Å²) in [7, 11) is 0. The smallest absolute Gasteiger partial charge is 0.254 e. The highest BCUT2D eigenvalue weighted by Crippen LogP contribution is 2.29. The summed E-state index contributed by atoms with van der Waals surface area (Å²) in [5.41, 5.74) is 1.67. The van der Waals surface area contributed by atoms with E-state index < -0.39 is 0 Å². The Hall–Kier alpha value is -1.94. The maximum absolute atomic E-state index is 12.5. The van der Waals surface area contributed by atoms with Crippen LogP contribution in [0.15, 0.2) is 36.5 Å². The van der Waals surface area contributed by atoms with Crippen molar-refractivity contribution in [1.82, 2.24) is 9.88 Å². The SMILES string of the molecule is O=C(c1ccc2ncccc2c1)N1CC2CC1CO2. The lowest BCUT2D eigenvalue weighted by molar-refractivity contribution is 0.0259. The van der Waals surface area contributed by atoms with Crippen molar-refractivity contribution in [2.24, 2.45) is 0 Å². The number of aromatic nitrogens is 1. The fraction of sp³-hybridized carbons (Fsp3) is 0.333. The van der Waals surface area contributed by atoms with Crippen molar-refractivity contribution in [3.8, 4) is 0 Å². The van der Waals surface area contributed by atoms with E-state index >= 15 is 0 Å². The van der Waals surface area contributed by atoms with Crippen molar-refractivity contribution >= 4 is 16.8 Å². The number of ether oxygens (including phenoxy) is 1. The van der Waals surface area contributed by atoms with Gasteiger partial charge in [0.15, 0.2) is 0 Å². The Morgan fingerprint density at radius 1 is 1.37 bits per heavy atom. The molecule has 0 N–H and O–H groups in total. The lowest BCUT2D eigenvalue weighted by Gasteiger charge is -2.27. The molecular weight excluding hydrogens is 240 g/mol. The third kappa shape index (κ3) is 1.71. The largest absolute Gasteiger partial charge is 0.374 e. The van der Waals surface area contributed by atoms with Crippen LogP contribution in [0.1, 0.15) is 16.8 Å². The highest BCUT2D eigenvalue weighted by molar-refractivity contribution is 5.98. The third-order valence-electron chi connectivity index (χ3n) is 4.01. The van der Waals surface area contributed by atoms with Gasteiger partial charge in [-0.15, -0.1) is 0 Å². The second-order valence-electron chi connectivity index (χ2n) is 5.21. The van der Waals surface area contributed by atoms with Crippen LogP contribution in [0.25, 0.3) is 10.9 Å². The minimum Gasteiger partial charge on any atom is -0.374 e. The second-order valence-corrected chi connectivity index (χ2v) is 5.21. The summed E-state index contributed by atoms with van der Waals surface area (Å²) in [5, 5.41) is 1.01. The molecule has 1 aromatic heterocycles. The molecular formula is C15H14N2O2. The molecule has 4 heteroatoms. The van der Waals surface area contributed by atoms with Crippen LogP contribution < -0.4 is 0 Å². The van der Waals surface area contributed by atoms with Gasteiger partial charge >= 0.3 is 0 Å². The van der Waals surface area contributed by atoms with Gasteiger partial charge in [-0.25, -0.2) is 0 Å². The van der Waals surface area contributed by atoms with E-state index in [-0.39, 0.29) is 18.1 Å². The average Bonchev–Trinajstić information content (AvgIpc) is 3.08. The second kappa shape index (κ2) is 4.03. The minimum absolute atomic E-state index is 0.113. The molecule has 0 radical (unpaired) electrons. The molecule has 2 fully saturated rings. The molecule has 2 atom stereocenters. The molecule has 1 aromatic carbocycles. The van der Waals surface area contributed by atoms with E-state index in [1.807, 2.05) is 35.2 Å². The molecule has 0 aliphatic carbocycles. The Labute approximate surface area is 111 Å². The first kappa shape index (κ1) is 10.9. The molecule has 4 rings (SSSR count). The fourth-order valence-electron chi connectivity index (χ4n) is 3.02. The molecule has 0 saturated carbocycles. The molecule has 2 bridgehead atoms. The summed E-state index contributed by atoms with van der Waals surface area (Å²) in [6.45, 7) is 1.42. The summed E-state index contributed by atoms with van der Waals surface area (Å²) >= 11 is 0. The normalized spacial score (nSPS) is 25.2. The van der Waals surface area contributed by atoms with Crippen molar-refractivity contribution < 1.29 is 9.53 Å². The monoisotopic (exact) mass is 254 g/mol. The van der Waals surface area contributed by atoms with Gasteiger partial charge in [-0.05, 0) is 30.7 Å². The van der Waals surface area contributed by atoms with Crippen LogP contribution in [0.4, 0.5) is 0 Å². The zero-order valence-electron chi connectivity index (χ0n) is 10.5. The molecule has 3 heterocycles. The molecule has 2 aliphatic heterocycles. The summed E-state index contributed by atoms with van der Waals surface area (Å²) < 4.78 is 5.53. The average molecular weight is 254 g/mol. The van der Waals surface area contributed by atoms with Gasteiger partial charge in [-0.3, -0.25) is 9.78 Å². The number of likely N-dealkylation sites (tertiary alicyclic amines) is 1. The molecule has 96 valence electrons. The number of morpholine rings is 1. The molecule has 2 saturated heterocycles. The van der Waals surface area contributed by atoms with Crippen LogP contribution >= 0.6 is 0 Å². The van der Waals surface area contributed by atoms with E-state index in [4.69, 9.17) is 4.74 Å². The Bertz CT molecular complexity index is 655. The van der Waals surface area contributed by atoms with E-state index in [1.165, 1.54) is 0 Å². The van der Waals surface area contributed by atoms with Crippen LogP contribution in [0.2, 0.25) is 0 Å². The van der Waals surface area contributed by atoms with Crippen molar-refractivity contribution in [1.29, 1.82) is 0 Å². The maximum Gasteiger partial charge on any atom is 0.254 e. The number of carbonyl (C=O) groups excluding carboxylic acids is 1. The van der Waals surface area contributed by atoms with Gasteiger partial charge in [0.25, 0.3) is 5.91 Å². The van der Waals surface area contributed by atoms with E-state index in [1.54, 1.807) is 6.20 Å². The minimum atomic E-state index is 0.113. The molecule has 1 amide bonds. The lowest BCUT2D eigenvalue weighted by Crippen LogP contribution is -2.41. The molecule has 2 aromatic rings. The van der Waals surface area contributed by atoms with Gasteiger partial charge in [0.1, 0.15) is 0 Å². The molecule has 0 spiro atoms. The first-order chi connectivity index (χ1) is 9.31. The molecule has 19 heavy (non-hydrogen) atoms. The summed E-state index contributed by atoms with van der Waals surface area (Å²) in [6, 6.07) is 9.85. The number of rotatable bonds is 1. The number of fused-ring (bicyclic) bond motifs is 3. The third-order valence-corrected chi connectivity index (χ3v) is 4.01. The fourth-order valence-corrected chi connectivity index (χ4v) is 3.02. The van der Waals surface area contributed by atoms with Crippen molar-refractivity contribution in [3.63, 3.8) is 0 Å². The predicted molar refractivity (Wildman–Crippen MR) is 70.9 cm³/mol. The van der Waals surface area contributed by atoms with Crippen LogP contribution in [-0.2, 0) is 4.74 Å². The summed E-state index contributed by atoms with van der Waals surface area (Å²) in [4.78, 5) is 18.8. The predicted octanol–water partition coefficient (Wildman–Crippen LogP) is 1.85. The van der Waals surface area contributed by atoms with E-state index in [9.17, 15) is 4.79 Å². The van der Waals surface area contributed by atoms with Gasteiger partial charge in [0.2, 0.25) is 0 Å². The van der Waals surface area contributed by atoms with E-state index in [0.29, 0.717) is 6.61 Å². The number of hydrogen-bond acceptors (Lipinski definition) is 3. The Morgan fingerprint density at radius 3 is 3.11 bits per heavy atom. The summed E-state index contributed by atoms with van der Waals surface area (Å²) in [6.07, 6.45) is 3.00. The number of hydrogen-bond donors (Lipinski definition) is 0. The number of nitrogens with zero attached hydrogens (tertiary/aromatic N) is 2. The number of carbonyl (C=O) groups is 1. The zero-order chi connectivity index (χ0) is 12.8. The first-order valence-corrected chi connectivity index (χ1v) is 6.58. The molecule has 2 aliphatic rings. The van der Waals surface area contributed by atoms with Gasteiger partial charge in [0, 0.05) is 23.7 Å². The maximum atomic E-state index is 12.5. The Balaban J connectivity index is 1.68. The van der Waals surface area contributed by atoms with Crippen molar-refractivity contribution in [2.75, 3.05) is 13.2 Å². The summed E-state index contributed by atoms with van der Waals surface area (Å²) in [5.74, 6) is 0.113. The highest BCUT2D eigenvalue weighted by Gasteiger charge is 2.41. The van der Waals surface area contributed by atoms with Crippen molar-refractivity contribution in [3.05, 3.63) is 42.1 Å². The topological polar surface area (TPSA) is 42.4 Å². The van der Waals surface area contributed by atoms with Crippen LogP contribution in [0, 0.1) is 0 Å². The Kier molecular flexibility index (Phi) is 2.32. The van der Waals surface area contributed by atoms with Crippen LogP contribution in [0.5, 0.6) is 0 Å². The first-order valence-electron chi connectivity index (χ1n) is 6.58. The zero-order valence-corrected chi connectivity index (χ0v) is 10.5. The highest BCUT2D eigenvalue weighted by atomic mass is 16.5. The van der Waals surface area contributed by atoms with Gasteiger partial charge in [0.05, 0.1) is 24.3 Å². The quantitative estimate of drug-likeness (QED) is 0.780. The van der Waals surface area contributed by atoms with Gasteiger partial charge < -0.3 is 9.64 Å². The number of amides is 1. The standard InChI is InChI=1S/C15H14N2O2/c18-15(17-8-13-7-12(17)9-19-13)11-3-4-14-10(6-11)2-1-5-16-14/h1-6,12-13H,7-9H2. The number of pyridine rings is 1. The van der Waals surface area contributed by atoms with Gasteiger partial charge in [-0.2, -0.15) is 0 Å². The Morgan fingerprint density at radius 2 is 2.32 bits per heavy atom. The lowest BCUT2D eigenvalue weighted by atomic mass is 10.1. The molecule has 4 nitrogen and oxygen atoms in total.